The van der Waals surface area contributed by atoms with Gasteiger partial charge in [0, 0.05) is 0 Å². The number of urea groups is 1. The molecule has 20 heavy (non-hydrogen) atoms. The van der Waals surface area contributed by atoms with Crippen molar-refractivity contribution < 1.29 is 19.5 Å². The molecule has 1 fully saturated rings. The average molecular weight is 274 g/mol. The molecule has 1 saturated heterocycles. The van der Waals surface area contributed by atoms with Crippen molar-refractivity contribution in [3.8, 4) is 0 Å². The van der Waals surface area contributed by atoms with Crippen LogP contribution in [0.3, 0.4) is 0 Å². The lowest BCUT2D eigenvalue weighted by Crippen LogP contribution is -2.38. The number of aliphatic carboxylic acids is 1. The van der Waals surface area contributed by atoms with Crippen molar-refractivity contribution in [3.05, 3.63) is 48.0 Å². The van der Waals surface area contributed by atoms with Gasteiger partial charge in [-0.15, -0.1) is 6.58 Å². The molecule has 1 N–H and O–H groups in total. The molecule has 104 valence electrons. The van der Waals surface area contributed by atoms with Gasteiger partial charge in [0.25, 0.3) is 0 Å². The quantitative estimate of drug-likeness (QED) is 0.849. The van der Waals surface area contributed by atoms with Gasteiger partial charge in [-0.25, -0.2) is 9.59 Å². The molecule has 3 rings (SSSR count). The fourth-order valence-corrected chi connectivity index (χ4v) is 2.81. The second-order valence-electron chi connectivity index (χ2n) is 4.73. The number of carboxylic acids is 1. The molecule has 6 heteroatoms. The molecule has 2 bridgehead atoms. The zero-order chi connectivity index (χ0) is 14.3. The Morgan fingerprint density at radius 3 is 2.80 bits per heavy atom. The van der Waals surface area contributed by atoms with Gasteiger partial charge < -0.3 is 10.0 Å². The molecule has 2 amide bonds. The third-order valence-corrected chi connectivity index (χ3v) is 3.61. The summed E-state index contributed by atoms with van der Waals surface area (Å²) < 4.78 is 0. The van der Waals surface area contributed by atoms with Gasteiger partial charge in [-0.2, -0.15) is 5.06 Å². The summed E-state index contributed by atoms with van der Waals surface area (Å²) in [6.45, 7) is 4.08. The van der Waals surface area contributed by atoms with Crippen molar-refractivity contribution in [1.29, 1.82) is 0 Å². The number of carbonyl (C=O) groups is 2. The molecule has 2 aliphatic heterocycles. The second kappa shape index (κ2) is 4.64. The highest BCUT2D eigenvalue weighted by atomic mass is 16.7. The van der Waals surface area contributed by atoms with Crippen LogP contribution in [0.1, 0.15) is 23.2 Å². The van der Waals surface area contributed by atoms with Gasteiger partial charge >= 0.3 is 12.0 Å². The lowest BCUT2D eigenvalue weighted by molar-refractivity contribution is -0.142. The molecule has 2 unspecified atom stereocenters. The minimum Gasteiger partial charge on any atom is -0.479 e. The van der Waals surface area contributed by atoms with E-state index in [2.05, 4.69) is 6.58 Å². The van der Waals surface area contributed by atoms with Crippen LogP contribution in [0.25, 0.3) is 0 Å². The first kappa shape index (κ1) is 12.7. The van der Waals surface area contributed by atoms with E-state index in [1.807, 2.05) is 12.1 Å². The van der Waals surface area contributed by atoms with E-state index in [-0.39, 0.29) is 12.6 Å². The van der Waals surface area contributed by atoms with Crippen molar-refractivity contribution in [2.45, 2.75) is 12.1 Å². The average Bonchev–Trinajstić information content (AvgIpc) is 2.71. The summed E-state index contributed by atoms with van der Waals surface area (Å²) >= 11 is 0. The Morgan fingerprint density at radius 2 is 2.15 bits per heavy atom. The highest BCUT2D eigenvalue weighted by Gasteiger charge is 2.50. The molecule has 6 nitrogen and oxygen atoms in total. The molecule has 2 heterocycles. The van der Waals surface area contributed by atoms with Crippen LogP contribution >= 0.6 is 0 Å². The Bertz CT molecular complexity index is 586. The number of hydroxylamine groups is 2. The van der Waals surface area contributed by atoms with Crippen LogP contribution in [0.15, 0.2) is 36.9 Å². The predicted molar refractivity (Wildman–Crippen MR) is 69.6 cm³/mol. The van der Waals surface area contributed by atoms with E-state index in [1.54, 1.807) is 18.2 Å². The van der Waals surface area contributed by atoms with Crippen molar-refractivity contribution in [3.63, 3.8) is 0 Å². The number of hydrogen-bond acceptors (Lipinski definition) is 3. The Kier molecular flexibility index (Phi) is 2.94. The summed E-state index contributed by atoms with van der Waals surface area (Å²) in [5.41, 5.74) is 1.47. The minimum atomic E-state index is -1.03. The minimum absolute atomic E-state index is 0.204. The lowest BCUT2D eigenvalue weighted by atomic mass is 9.91. The molecule has 1 aromatic carbocycles. The maximum atomic E-state index is 12.3. The van der Waals surface area contributed by atoms with E-state index >= 15 is 0 Å². The maximum Gasteiger partial charge on any atom is 0.345 e. The standard InChI is InChI=1S/C14H14N2O4/c1-2-7-20-16-11-8-15(14(16)19)12(13(17)18)10-6-4-3-5-9(10)11/h2-6,11-12H,1,7-8H2,(H,17,18). The first-order chi connectivity index (χ1) is 9.65. The van der Waals surface area contributed by atoms with Gasteiger partial charge in [0.1, 0.15) is 6.04 Å². The summed E-state index contributed by atoms with van der Waals surface area (Å²) in [6.07, 6.45) is 1.55. The molecule has 1 aromatic rings. The van der Waals surface area contributed by atoms with E-state index in [4.69, 9.17) is 4.84 Å². The number of fused-ring (bicyclic) bond motifs is 4. The summed E-state index contributed by atoms with van der Waals surface area (Å²) in [4.78, 5) is 30.5. The van der Waals surface area contributed by atoms with Gasteiger partial charge in [0.15, 0.2) is 6.04 Å². The molecule has 0 aliphatic carbocycles. The Balaban J connectivity index is 2.06. The van der Waals surface area contributed by atoms with E-state index in [0.717, 1.165) is 5.56 Å². The SMILES string of the molecule is C=CCON1C(=O)N2CC1c1ccccc1C2C(=O)O. The second-order valence-corrected chi connectivity index (χ2v) is 4.73. The van der Waals surface area contributed by atoms with Gasteiger partial charge in [0.2, 0.25) is 0 Å². The van der Waals surface area contributed by atoms with E-state index < -0.39 is 18.0 Å². The third kappa shape index (κ3) is 1.69. The molecule has 2 atom stereocenters. The zero-order valence-electron chi connectivity index (χ0n) is 10.7. The Labute approximate surface area is 115 Å². The molecule has 0 aromatic heterocycles. The number of amides is 2. The van der Waals surface area contributed by atoms with Crippen LogP contribution in [-0.4, -0.2) is 40.2 Å². The number of nitrogens with zero attached hydrogens (tertiary/aromatic N) is 2. The largest absolute Gasteiger partial charge is 0.479 e. The number of rotatable bonds is 4. The molecule has 0 saturated carbocycles. The first-order valence-electron chi connectivity index (χ1n) is 6.30. The van der Waals surface area contributed by atoms with Crippen LogP contribution in [0.2, 0.25) is 0 Å². The van der Waals surface area contributed by atoms with Gasteiger partial charge in [0.05, 0.1) is 13.2 Å². The first-order valence-corrected chi connectivity index (χ1v) is 6.30. The van der Waals surface area contributed by atoms with Crippen molar-refractivity contribution >= 4 is 12.0 Å². The normalized spacial score (nSPS) is 23.7. The Morgan fingerprint density at radius 1 is 1.45 bits per heavy atom. The summed E-state index contributed by atoms with van der Waals surface area (Å²) in [5.74, 6) is -1.03. The van der Waals surface area contributed by atoms with Crippen molar-refractivity contribution in [2.24, 2.45) is 0 Å². The van der Waals surface area contributed by atoms with Crippen LogP contribution in [0, 0.1) is 0 Å². The highest BCUT2D eigenvalue weighted by molar-refractivity contribution is 5.87. The highest BCUT2D eigenvalue weighted by Crippen LogP contribution is 2.43. The number of benzene rings is 1. The maximum absolute atomic E-state index is 12.3. The topological polar surface area (TPSA) is 70.1 Å². The van der Waals surface area contributed by atoms with Gasteiger partial charge in [-0.1, -0.05) is 30.3 Å². The van der Waals surface area contributed by atoms with Gasteiger partial charge in [-0.05, 0) is 11.1 Å². The van der Waals surface area contributed by atoms with Crippen LogP contribution in [0.4, 0.5) is 4.79 Å². The molecule has 0 spiro atoms. The fourth-order valence-electron chi connectivity index (χ4n) is 2.81. The van der Waals surface area contributed by atoms with Crippen molar-refractivity contribution in [2.75, 3.05) is 13.2 Å². The van der Waals surface area contributed by atoms with Gasteiger partial charge in [-0.3, -0.25) is 4.84 Å². The fraction of sp³-hybridized carbons (Fsp3) is 0.286. The Hall–Kier alpha value is -2.34. The molecular weight excluding hydrogens is 260 g/mol. The summed E-state index contributed by atoms with van der Waals surface area (Å²) in [5, 5.41) is 10.7. The smallest absolute Gasteiger partial charge is 0.345 e. The molecule has 0 radical (unpaired) electrons. The number of carbonyl (C=O) groups excluding carboxylic acids is 1. The zero-order valence-corrected chi connectivity index (χ0v) is 10.7. The number of hydrogen-bond donors (Lipinski definition) is 1. The van der Waals surface area contributed by atoms with E-state index in [0.29, 0.717) is 12.1 Å². The summed E-state index contributed by atoms with van der Waals surface area (Å²) in [6, 6.07) is 5.57. The van der Waals surface area contributed by atoms with Crippen LogP contribution in [0.5, 0.6) is 0 Å². The van der Waals surface area contributed by atoms with E-state index in [1.165, 1.54) is 9.96 Å². The monoisotopic (exact) mass is 274 g/mol. The van der Waals surface area contributed by atoms with Crippen molar-refractivity contribution in [1.82, 2.24) is 9.96 Å². The lowest BCUT2D eigenvalue weighted by Gasteiger charge is -2.29. The third-order valence-electron chi connectivity index (χ3n) is 3.61. The summed E-state index contributed by atoms with van der Waals surface area (Å²) in [7, 11) is 0. The van der Waals surface area contributed by atoms with E-state index in [9.17, 15) is 14.7 Å². The van der Waals surface area contributed by atoms with Crippen LogP contribution < -0.4 is 0 Å². The number of carboxylic acid groups (broad SMARTS) is 1. The molecule has 2 aliphatic rings. The van der Waals surface area contributed by atoms with Crippen LogP contribution in [-0.2, 0) is 9.63 Å². The molecular formula is C14H14N2O4. The predicted octanol–water partition coefficient (Wildman–Crippen LogP) is 1.72.